The maximum absolute atomic E-state index is 9.38. The van der Waals surface area contributed by atoms with E-state index < -0.39 is 0 Å². The summed E-state index contributed by atoms with van der Waals surface area (Å²) in [6.45, 7) is 7.64. The summed E-state index contributed by atoms with van der Waals surface area (Å²) in [7, 11) is 0. The van der Waals surface area contributed by atoms with Crippen molar-refractivity contribution in [2.45, 2.75) is 20.3 Å². The normalized spacial score (nSPS) is 12.0. The topological polar surface area (TPSA) is 174 Å². The fourth-order valence-electron chi connectivity index (χ4n) is 2.42. The van der Waals surface area contributed by atoms with E-state index in [0.29, 0.717) is 30.3 Å². The number of nitrogens with two attached hydrogens (primary N) is 1. The molecule has 30 heavy (non-hydrogen) atoms. The van der Waals surface area contributed by atoms with Gasteiger partial charge in [0, 0.05) is 31.1 Å². The third-order valence-corrected chi connectivity index (χ3v) is 3.90. The number of nitrogens with zero attached hydrogens (tertiary/aromatic N) is 6. The van der Waals surface area contributed by atoms with Gasteiger partial charge in [-0.25, -0.2) is 14.6 Å². The minimum atomic E-state index is -0.00457. The van der Waals surface area contributed by atoms with Gasteiger partial charge in [-0.05, 0) is 25.5 Å². The fourth-order valence-corrected chi connectivity index (χ4v) is 2.42. The first kappa shape index (κ1) is 22.3. The van der Waals surface area contributed by atoms with Gasteiger partial charge in [-0.3, -0.25) is 5.43 Å². The van der Waals surface area contributed by atoms with Crippen LogP contribution in [0.3, 0.4) is 0 Å². The monoisotopic (exact) mass is 408 g/mol. The third-order valence-electron chi connectivity index (χ3n) is 3.90. The maximum atomic E-state index is 9.38. The first-order valence-corrected chi connectivity index (χ1v) is 9.01. The van der Waals surface area contributed by atoms with Gasteiger partial charge in [0.1, 0.15) is 17.3 Å². The van der Waals surface area contributed by atoms with E-state index in [2.05, 4.69) is 37.5 Å². The molecule has 11 heteroatoms. The predicted molar refractivity (Wildman–Crippen MR) is 114 cm³/mol. The Labute approximate surface area is 174 Å². The molecule has 0 unspecified atom stereocenters. The number of rotatable bonds is 10. The van der Waals surface area contributed by atoms with Gasteiger partial charge in [-0.15, -0.1) is 5.10 Å². The first-order valence-electron chi connectivity index (χ1n) is 9.01. The lowest BCUT2D eigenvalue weighted by molar-refractivity contribution is 0.296. The number of hydrogen-bond donors (Lipinski definition) is 5. The van der Waals surface area contributed by atoms with Crippen molar-refractivity contribution in [3.8, 4) is 12.0 Å². The van der Waals surface area contributed by atoms with Crippen LogP contribution in [0.5, 0.6) is 0 Å². The Morgan fingerprint density at radius 1 is 1.40 bits per heavy atom. The fraction of sp³-hybridized carbons (Fsp3) is 0.263. The highest BCUT2D eigenvalue weighted by molar-refractivity contribution is 6.46. The van der Waals surface area contributed by atoms with Gasteiger partial charge in [0.25, 0.3) is 5.95 Å². The number of allylic oxidation sites excluding steroid dienone is 2. The van der Waals surface area contributed by atoms with Crippen LogP contribution in [0.4, 0.5) is 5.82 Å². The minimum absolute atomic E-state index is 0.00457. The summed E-state index contributed by atoms with van der Waals surface area (Å²) >= 11 is 0. The molecular formula is C19H24N10O. The van der Waals surface area contributed by atoms with E-state index in [4.69, 9.17) is 16.2 Å². The van der Waals surface area contributed by atoms with Crippen molar-refractivity contribution in [1.29, 1.82) is 10.7 Å². The number of hydrazone groups is 1. The van der Waals surface area contributed by atoms with E-state index in [1.807, 2.05) is 13.0 Å². The average molecular weight is 408 g/mol. The van der Waals surface area contributed by atoms with E-state index in [-0.39, 0.29) is 29.4 Å². The average Bonchev–Trinajstić information content (AvgIpc) is 3.15. The third kappa shape index (κ3) is 5.73. The van der Waals surface area contributed by atoms with Crippen molar-refractivity contribution in [3.05, 3.63) is 53.8 Å². The Balaban J connectivity index is 2.27. The van der Waals surface area contributed by atoms with Crippen molar-refractivity contribution in [1.82, 2.24) is 25.1 Å². The molecule has 156 valence electrons. The van der Waals surface area contributed by atoms with Gasteiger partial charge in [-0.2, -0.15) is 10.4 Å². The molecule has 0 radical (unpaired) electrons. The standard InChI is InChI=1S/C19H24N10O/c1-12(9-13(2)23-7-8-30)16(22)17(14(3)21)26-27-18-15(10-20)11-29(28-18)19-24-5-4-6-25-19/h4-6,11,21,23,30H,2,7-9,22H2,1,3H3,(H,27,28)/b16-12+,21-14?,26-17?. The SMILES string of the molecule is C=C(C/C(C)=C(/N)C(=NNc1nn(-c2ncccn2)cc1C#N)C(C)=N)NCCO. The molecule has 0 aliphatic heterocycles. The molecule has 11 nitrogen and oxygen atoms in total. The molecule has 0 atom stereocenters. The Morgan fingerprint density at radius 2 is 2.10 bits per heavy atom. The summed E-state index contributed by atoms with van der Waals surface area (Å²) < 4.78 is 1.36. The van der Waals surface area contributed by atoms with Gasteiger partial charge in [0.15, 0.2) is 5.82 Å². The number of aliphatic hydroxyl groups excluding tert-OH is 1. The van der Waals surface area contributed by atoms with Gasteiger partial charge < -0.3 is 21.6 Å². The van der Waals surface area contributed by atoms with Crippen LogP contribution >= 0.6 is 0 Å². The highest BCUT2D eigenvalue weighted by atomic mass is 16.3. The maximum Gasteiger partial charge on any atom is 0.250 e. The second kappa shape index (κ2) is 10.5. The molecule has 0 aliphatic carbocycles. The molecule has 2 rings (SSSR count). The number of anilines is 1. The predicted octanol–water partition coefficient (Wildman–Crippen LogP) is 1.06. The summed E-state index contributed by atoms with van der Waals surface area (Å²) in [4.78, 5) is 8.17. The van der Waals surface area contributed by atoms with Gasteiger partial charge in [0.05, 0.1) is 24.2 Å². The summed E-state index contributed by atoms with van der Waals surface area (Å²) in [5, 5.41) is 37.7. The summed E-state index contributed by atoms with van der Waals surface area (Å²) in [5.41, 5.74) is 11.3. The van der Waals surface area contributed by atoms with Crippen molar-refractivity contribution in [3.63, 3.8) is 0 Å². The zero-order chi connectivity index (χ0) is 22.1. The van der Waals surface area contributed by atoms with Crippen molar-refractivity contribution in [2.75, 3.05) is 18.6 Å². The van der Waals surface area contributed by atoms with E-state index >= 15 is 0 Å². The van der Waals surface area contributed by atoms with E-state index in [9.17, 15) is 5.26 Å². The molecule has 0 saturated carbocycles. The minimum Gasteiger partial charge on any atom is -0.397 e. The zero-order valence-electron chi connectivity index (χ0n) is 16.8. The molecule has 2 aromatic heterocycles. The van der Waals surface area contributed by atoms with Crippen LogP contribution in [-0.2, 0) is 0 Å². The smallest absolute Gasteiger partial charge is 0.250 e. The molecular weight excluding hydrogens is 384 g/mol. The second-order valence-electron chi connectivity index (χ2n) is 6.32. The van der Waals surface area contributed by atoms with Crippen molar-refractivity contribution >= 4 is 17.2 Å². The summed E-state index contributed by atoms with van der Waals surface area (Å²) in [6.07, 6.45) is 5.04. The molecule has 0 aliphatic rings. The van der Waals surface area contributed by atoms with Crippen LogP contribution in [0.25, 0.3) is 5.95 Å². The van der Waals surface area contributed by atoms with Crippen molar-refractivity contribution < 1.29 is 5.11 Å². The number of nitrogens with one attached hydrogen (secondary N) is 3. The summed E-state index contributed by atoms with van der Waals surface area (Å²) in [5.74, 6) is 0.488. The second-order valence-corrected chi connectivity index (χ2v) is 6.32. The lowest BCUT2D eigenvalue weighted by Gasteiger charge is -2.13. The first-order chi connectivity index (χ1) is 14.4. The van der Waals surface area contributed by atoms with E-state index in [1.165, 1.54) is 10.9 Å². The molecule has 0 bridgehead atoms. The van der Waals surface area contributed by atoms with Gasteiger partial charge >= 0.3 is 0 Å². The zero-order valence-corrected chi connectivity index (χ0v) is 16.8. The van der Waals surface area contributed by atoms with Crippen LogP contribution in [0.1, 0.15) is 25.8 Å². The number of aromatic nitrogens is 4. The molecule has 2 heterocycles. The Hall–Kier alpha value is -4.04. The molecule has 0 spiro atoms. The van der Waals surface area contributed by atoms with Crippen LogP contribution in [0, 0.1) is 16.7 Å². The van der Waals surface area contributed by atoms with Gasteiger partial charge in [-0.1, -0.05) is 6.58 Å². The van der Waals surface area contributed by atoms with E-state index in [1.54, 1.807) is 25.4 Å². The lowest BCUT2D eigenvalue weighted by Crippen LogP contribution is -2.23. The summed E-state index contributed by atoms with van der Waals surface area (Å²) in [6, 6.07) is 3.70. The van der Waals surface area contributed by atoms with Crippen LogP contribution in [-0.4, -0.2) is 49.4 Å². The van der Waals surface area contributed by atoms with Crippen LogP contribution in [0.15, 0.2) is 53.3 Å². The molecule has 6 N–H and O–H groups in total. The Morgan fingerprint density at radius 3 is 2.70 bits per heavy atom. The highest BCUT2D eigenvalue weighted by Crippen LogP contribution is 2.15. The lowest BCUT2D eigenvalue weighted by atomic mass is 10.1. The molecule has 2 aromatic rings. The Bertz CT molecular complexity index is 1010. The number of nitriles is 1. The van der Waals surface area contributed by atoms with Crippen molar-refractivity contribution in [2.24, 2.45) is 10.8 Å². The molecule has 0 amide bonds. The number of aliphatic hydroxyl groups is 1. The highest BCUT2D eigenvalue weighted by Gasteiger charge is 2.14. The van der Waals surface area contributed by atoms with Gasteiger partial charge in [0.2, 0.25) is 0 Å². The Kier molecular flexibility index (Phi) is 7.78. The molecule has 0 aromatic carbocycles. The largest absolute Gasteiger partial charge is 0.397 e. The van der Waals surface area contributed by atoms with Crippen LogP contribution < -0.4 is 16.5 Å². The van der Waals surface area contributed by atoms with Crippen LogP contribution in [0.2, 0.25) is 0 Å². The molecule has 0 saturated heterocycles. The quantitative estimate of drug-likeness (QED) is 0.286. The number of hydrogen-bond acceptors (Lipinski definition) is 10. The molecule has 0 fully saturated rings. The van der Waals surface area contributed by atoms with E-state index in [0.717, 1.165) is 5.57 Å².